The van der Waals surface area contributed by atoms with Crippen LogP contribution in [-0.4, -0.2) is 28.1 Å². The van der Waals surface area contributed by atoms with E-state index in [2.05, 4.69) is 40.2 Å². The van der Waals surface area contributed by atoms with Crippen molar-refractivity contribution in [1.29, 1.82) is 0 Å². The SMILES string of the molecule is Oc1ccc(CN2CCC(c3ccccc3)C2)nc1. The van der Waals surface area contributed by atoms with Gasteiger partial charge in [-0.05, 0) is 36.6 Å². The van der Waals surface area contributed by atoms with Gasteiger partial charge in [0.05, 0.1) is 11.9 Å². The summed E-state index contributed by atoms with van der Waals surface area (Å²) in [6.45, 7) is 3.07. The molecular weight excluding hydrogens is 236 g/mol. The van der Waals surface area contributed by atoms with Crippen LogP contribution in [0.3, 0.4) is 0 Å². The fourth-order valence-electron chi connectivity index (χ4n) is 2.71. The standard InChI is InChI=1S/C16H18N2O/c19-16-7-6-15(17-10-16)12-18-9-8-14(11-18)13-4-2-1-3-5-13/h1-7,10,14,19H,8-9,11-12H2. The molecule has 98 valence electrons. The molecule has 0 saturated carbocycles. The lowest BCUT2D eigenvalue weighted by Crippen LogP contribution is -2.20. The van der Waals surface area contributed by atoms with Crippen LogP contribution in [0.2, 0.25) is 0 Å². The highest BCUT2D eigenvalue weighted by Gasteiger charge is 2.23. The summed E-state index contributed by atoms with van der Waals surface area (Å²) in [5, 5.41) is 9.23. The number of rotatable bonds is 3. The predicted molar refractivity (Wildman–Crippen MR) is 75.0 cm³/mol. The van der Waals surface area contributed by atoms with Crippen LogP contribution < -0.4 is 0 Å². The Labute approximate surface area is 113 Å². The van der Waals surface area contributed by atoms with Gasteiger partial charge < -0.3 is 5.11 Å². The van der Waals surface area contributed by atoms with Crippen molar-refractivity contribution in [2.45, 2.75) is 18.9 Å². The van der Waals surface area contributed by atoms with Crippen molar-refractivity contribution in [3.8, 4) is 5.75 Å². The van der Waals surface area contributed by atoms with E-state index in [-0.39, 0.29) is 5.75 Å². The van der Waals surface area contributed by atoms with Crippen LogP contribution in [0.1, 0.15) is 23.6 Å². The van der Waals surface area contributed by atoms with Gasteiger partial charge in [0.15, 0.2) is 0 Å². The largest absolute Gasteiger partial charge is 0.506 e. The first-order valence-electron chi connectivity index (χ1n) is 6.72. The maximum absolute atomic E-state index is 9.23. The molecule has 3 nitrogen and oxygen atoms in total. The average molecular weight is 254 g/mol. The summed E-state index contributed by atoms with van der Waals surface area (Å²) >= 11 is 0. The van der Waals surface area contributed by atoms with Gasteiger partial charge in [-0.25, -0.2) is 0 Å². The van der Waals surface area contributed by atoms with Crippen molar-refractivity contribution in [1.82, 2.24) is 9.88 Å². The molecule has 1 aliphatic heterocycles. The molecule has 0 amide bonds. The van der Waals surface area contributed by atoms with E-state index >= 15 is 0 Å². The zero-order valence-electron chi connectivity index (χ0n) is 10.9. The Balaban J connectivity index is 1.62. The molecule has 1 aliphatic rings. The molecule has 1 aromatic carbocycles. The number of likely N-dealkylation sites (tertiary alicyclic amines) is 1. The van der Waals surface area contributed by atoms with Crippen LogP contribution in [0.4, 0.5) is 0 Å². The molecule has 1 saturated heterocycles. The van der Waals surface area contributed by atoms with Gasteiger partial charge >= 0.3 is 0 Å². The van der Waals surface area contributed by atoms with Crippen molar-refractivity contribution in [2.24, 2.45) is 0 Å². The third-order valence-corrected chi connectivity index (χ3v) is 3.74. The second kappa shape index (κ2) is 5.41. The molecule has 0 spiro atoms. The quantitative estimate of drug-likeness (QED) is 0.915. The smallest absolute Gasteiger partial charge is 0.133 e. The Hall–Kier alpha value is -1.87. The number of benzene rings is 1. The fraction of sp³-hybridized carbons (Fsp3) is 0.312. The van der Waals surface area contributed by atoms with Gasteiger partial charge in [-0.2, -0.15) is 0 Å². The minimum atomic E-state index is 0.229. The maximum atomic E-state index is 9.23. The zero-order chi connectivity index (χ0) is 13.1. The second-order valence-corrected chi connectivity index (χ2v) is 5.14. The molecule has 19 heavy (non-hydrogen) atoms. The summed E-state index contributed by atoms with van der Waals surface area (Å²) in [4.78, 5) is 6.68. The maximum Gasteiger partial charge on any atom is 0.133 e. The second-order valence-electron chi connectivity index (χ2n) is 5.14. The number of hydrogen-bond acceptors (Lipinski definition) is 3. The lowest BCUT2D eigenvalue weighted by atomic mass is 9.99. The molecule has 2 heterocycles. The van der Waals surface area contributed by atoms with Crippen LogP contribution in [0.5, 0.6) is 5.75 Å². The summed E-state index contributed by atoms with van der Waals surface area (Å²) in [6, 6.07) is 14.3. The Morgan fingerprint density at radius 3 is 2.74 bits per heavy atom. The Morgan fingerprint density at radius 2 is 2.00 bits per heavy atom. The lowest BCUT2D eigenvalue weighted by Gasteiger charge is -2.15. The highest BCUT2D eigenvalue weighted by atomic mass is 16.3. The van der Waals surface area contributed by atoms with E-state index in [1.807, 2.05) is 6.07 Å². The number of hydrogen-bond donors (Lipinski definition) is 1. The third kappa shape index (κ3) is 2.93. The number of aromatic hydroxyl groups is 1. The monoisotopic (exact) mass is 254 g/mol. The Bertz CT molecular complexity index is 524. The van der Waals surface area contributed by atoms with Crippen molar-refractivity contribution in [3.05, 3.63) is 59.9 Å². The summed E-state index contributed by atoms with van der Waals surface area (Å²) in [5.41, 5.74) is 2.45. The van der Waals surface area contributed by atoms with E-state index in [4.69, 9.17) is 0 Å². The molecule has 1 atom stereocenters. The molecule has 0 aliphatic carbocycles. The molecule has 1 fully saturated rings. The number of pyridine rings is 1. The fourth-order valence-corrected chi connectivity index (χ4v) is 2.71. The molecule has 1 N–H and O–H groups in total. The van der Waals surface area contributed by atoms with E-state index in [0.29, 0.717) is 5.92 Å². The molecular formula is C16H18N2O. The summed E-state index contributed by atoms with van der Waals surface area (Å²) in [7, 11) is 0. The van der Waals surface area contributed by atoms with Crippen molar-refractivity contribution >= 4 is 0 Å². The van der Waals surface area contributed by atoms with Crippen LogP contribution in [0.15, 0.2) is 48.7 Å². The zero-order valence-corrected chi connectivity index (χ0v) is 10.9. The first-order valence-corrected chi connectivity index (χ1v) is 6.72. The molecule has 3 rings (SSSR count). The van der Waals surface area contributed by atoms with Gasteiger partial charge in [-0.15, -0.1) is 0 Å². The molecule has 0 bridgehead atoms. The molecule has 3 heteroatoms. The van der Waals surface area contributed by atoms with Gasteiger partial charge in [0.2, 0.25) is 0 Å². The molecule has 1 unspecified atom stereocenters. The summed E-state index contributed by atoms with van der Waals surface area (Å²) < 4.78 is 0. The van der Waals surface area contributed by atoms with Gasteiger partial charge in [0, 0.05) is 13.1 Å². The minimum absolute atomic E-state index is 0.229. The van der Waals surface area contributed by atoms with Crippen LogP contribution in [-0.2, 0) is 6.54 Å². The summed E-state index contributed by atoms with van der Waals surface area (Å²) in [6.07, 6.45) is 2.72. The van der Waals surface area contributed by atoms with Crippen molar-refractivity contribution in [2.75, 3.05) is 13.1 Å². The first kappa shape index (κ1) is 12.2. The number of nitrogens with zero attached hydrogens (tertiary/aromatic N) is 2. The van der Waals surface area contributed by atoms with Gasteiger partial charge in [0.1, 0.15) is 5.75 Å². The van der Waals surface area contributed by atoms with E-state index in [0.717, 1.165) is 25.3 Å². The average Bonchev–Trinajstić information content (AvgIpc) is 2.91. The van der Waals surface area contributed by atoms with E-state index in [1.165, 1.54) is 18.2 Å². The Kier molecular flexibility index (Phi) is 3.47. The molecule has 0 radical (unpaired) electrons. The van der Waals surface area contributed by atoms with Gasteiger partial charge in [0.25, 0.3) is 0 Å². The van der Waals surface area contributed by atoms with Crippen molar-refractivity contribution < 1.29 is 5.11 Å². The Morgan fingerprint density at radius 1 is 1.16 bits per heavy atom. The highest BCUT2D eigenvalue weighted by molar-refractivity contribution is 5.21. The molecule has 2 aromatic rings. The van der Waals surface area contributed by atoms with E-state index in [9.17, 15) is 5.11 Å². The van der Waals surface area contributed by atoms with E-state index < -0.39 is 0 Å². The van der Waals surface area contributed by atoms with Crippen molar-refractivity contribution in [3.63, 3.8) is 0 Å². The minimum Gasteiger partial charge on any atom is -0.506 e. The van der Waals surface area contributed by atoms with Crippen LogP contribution in [0.25, 0.3) is 0 Å². The van der Waals surface area contributed by atoms with E-state index in [1.54, 1.807) is 6.07 Å². The van der Waals surface area contributed by atoms with Gasteiger partial charge in [-0.1, -0.05) is 30.3 Å². The first-order chi connectivity index (χ1) is 9.31. The summed E-state index contributed by atoms with van der Waals surface area (Å²) in [5.74, 6) is 0.866. The topological polar surface area (TPSA) is 36.4 Å². The van der Waals surface area contributed by atoms with Crippen LogP contribution >= 0.6 is 0 Å². The normalized spacial score (nSPS) is 19.7. The van der Waals surface area contributed by atoms with Crippen LogP contribution in [0, 0.1) is 0 Å². The predicted octanol–water partition coefficient (Wildman–Crippen LogP) is 2.78. The molecule has 1 aromatic heterocycles. The third-order valence-electron chi connectivity index (χ3n) is 3.74. The lowest BCUT2D eigenvalue weighted by molar-refractivity contribution is 0.322. The van der Waals surface area contributed by atoms with Gasteiger partial charge in [-0.3, -0.25) is 9.88 Å². The highest BCUT2D eigenvalue weighted by Crippen LogP contribution is 2.27. The number of aromatic nitrogens is 1.